The van der Waals surface area contributed by atoms with E-state index in [1.54, 1.807) is 6.20 Å². The van der Waals surface area contributed by atoms with E-state index in [4.69, 9.17) is 0 Å². The van der Waals surface area contributed by atoms with Crippen LogP contribution in [0, 0.1) is 5.82 Å². The van der Waals surface area contributed by atoms with Crippen molar-refractivity contribution in [1.82, 2.24) is 25.1 Å². The molecule has 0 unspecified atom stereocenters. The molecule has 0 bridgehead atoms. The lowest BCUT2D eigenvalue weighted by atomic mass is 10.1. The lowest BCUT2D eigenvalue weighted by molar-refractivity contribution is -0.140. The molecule has 4 rings (SSSR count). The summed E-state index contributed by atoms with van der Waals surface area (Å²) in [5.74, 6) is -1.75. The topological polar surface area (TPSA) is 75.6 Å². The molecule has 0 aliphatic rings. The minimum Gasteiger partial charge on any atom is -0.347 e. The maximum atomic E-state index is 13.4. The van der Waals surface area contributed by atoms with Crippen LogP contribution in [-0.2, 0) is 19.3 Å². The van der Waals surface area contributed by atoms with Crippen LogP contribution in [0.2, 0.25) is 0 Å². The molecule has 0 aliphatic heterocycles. The third-order valence-corrected chi connectivity index (χ3v) is 4.52. The molecule has 2 heterocycles. The highest BCUT2D eigenvalue weighted by Gasteiger charge is 2.34. The number of carbonyl (C=O) groups excluding carboxylic acids is 1. The summed E-state index contributed by atoms with van der Waals surface area (Å²) in [6.45, 7) is 0.292. The van der Waals surface area contributed by atoms with Gasteiger partial charge in [-0.3, -0.25) is 9.89 Å². The Morgan fingerprint density at radius 3 is 2.73 bits per heavy atom. The zero-order valence-corrected chi connectivity index (χ0v) is 15.4. The number of rotatable bonds is 5. The number of nitrogens with one attached hydrogen (secondary N) is 2. The number of benzene rings is 2. The first kappa shape index (κ1) is 19.6. The van der Waals surface area contributed by atoms with E-state index in [9.17, 15) is 22.4 Å². The summed E-state index contributed by atoms with van der Waals surface area (Å²) < 4.78 is 53.4. The Hall–Kier alpha value is -3.69. The van der Waals surface area contributed by atoms with Crippen LogP contribution in [0.15, 0.2) is 55.1 Å². The van der Waals surface area contributed by atoms with E-state index in [-0.39, 0.29) is 24.3 Å². The molecule has 1 amide bonds. The number of nitrogens with zero attached hydrogens (tertiary/aromatic N) is 3. The van der Waals surface area contributed by atoms with E-state index >= 15 is 0 Å². The van der Waals surface area contributed by atoms with Gasteiger partial charge in [-0.2, -0.15) is 18.3 Å². The van der Waals surface area contributed by atoms with Gasteiger partial charge in [0.2, 0.25) is 0 Å². The summed E-state index contributed by atoms with van der Waals surface area (Å²) in [5.41, 5.74) is 0.799. The van der Waals surface area contributed by atoms with Gasteiger partial charge in [-0.25, -0.2) is 9.37 Å². The first-order chi connectivity index (χ1) is 14.3. The van der Waals surface area contributed by atoms with Crippen LogP contribution in [-0.4, -0.2) is 25.7 Å². The number of H-pyrrole nitrogens is 1. The van der Waals surface area contributed by atoms with Crippen LogP contribution in [0.5, 0.6) is 0 Å². The largest absolute Gasteiger partial charge is 0.419 e. The number of alkyl halides is 3. The Morgan fingerprint density at radius 1 is 1.13 bits per heavy atom. The van der Waals surface area contributed by atoms with Crippen molar-refractivity contribution in [2.45, 2.75) is 19.3 Å². The average Bonchev–Trinajstić information content (AvgIpc) is 3.35. The second-order valence-corrected chi connectivity index (χ2v) is 6.72. The van der Waals surface area contributed by atoms with Gasteiger partial charge in [0.1, 0.15) is 11.5 Å². The first-order valence-corrected chi connectivity index (χ1v) is 8.87. The van der Waals surface area contributed by atoms with E-state index < -0.39 is 23.5 Å². The van der Waals surface area contributed by atoms with Crippen molar-refractivity contribution in [3.63, 3.8) is 0 Å². The Kier molecular flexibility index (Phi) is 4.98. The summed E-state index contributed by atoms with van der Waals surface area (Å²) >= 11 is 0. The molecule has 4 aromatic rings. The summed E-state index contributed by atoms with van der Waals surface area (Å²) in [6, 6.07) is 8.39. The molecule has 2 aromatic carbocycles. The average molecular weight is 417 g/mol. The van der Waals surface area contributed by atoms with Gasteiger partial charge in [-0.15, -0.1) is 0 Å². The SMILES string of the molecule is O=C(NCc1ccc2[nH]ncc2c1)c1cn(Cc2ccc(F)c(C(F)(F)F)c2)cn1. The maximum Gasteiger partial charge on any atom is 0.419 e. The van der Waals surface area contributed by atoms with Crippen molar-refractivity contribution < 1.29 is 22.4 Å². The minimum atomic E-state index is -4.78. The van der Waals surface area contributed by atoms with Crippen molar-refractivity contribution in [3.8, 4) is 0 Å². The molecule has 0 radical (unpaired) electrons. The van der Waals surface area contributed by atoms with Crippen molar-refractivity contribution >= 4 is 16.8 Å². The lowest BCUT2D eigenvalue weighted by Crippen LogP contribution is -2.23. The molecular formula is C20H15F4N5O. The zero-order valence-electron chi connectivity index (χ0n) is 15.4. The van der Waals surface area contributed by atoms with Gasteiger partial charge in [0, 0.05) is 24.7 Å². The Balaban J connectivity index is 1.41. The fraction of sp³-hybridized carbons (Fsp3) is 0.150. The summed E-state index contributed by atoms with van der Waals surface area (Å²) in [4.78, 5) is 16.3. The first-order valence-electron chi connectivity index (χ1n) is 8.87. The van der Waals surface area contributed by atoms with E-state index in [1.807, 2.05) is 18.2 Å². The van der Waals surface area contributed by atoms with Crippen LogP contribution in [0.3, 0.4) is 0 Å². The fourth-order valence-corrected chi connectivity index (χ4v) is 3.04. The van der Waals surface area contributed by atoms with Gasteiger partial charge in [0.25, 0.3) is 5.91 Å². The number of hydrogen-bond donors (Lipinski definition) is 2. The van der Waals surface area contributed by atoms with E-state index in [2.05, 4.69) is 20.5 Å². The van der Waals surface area contributed by atoms with Crippen molar-refractivity contribution in [2.24, 2.45) is 0 Å². The molecule has 0 saturated heterocycles. The number of aromatic amines is 1. The van der Waals surface area contributed by atoms with Crippen LogP contribution in [0.4, 0.5) is 17.6 Å². The van der Waals surface area contributed by atoms with Gasteiger partial charge >= 0.3 is 6.18 Å². The highest BCUT2D eigenvalue weighted by Crippen LogP contribution is 2.32. The number of fused-ring (bicyclic) bond motifs is 1. The van der Waals surface area contributed by atoms with E-state index in [0.717, 1.165) is 28.6 Å². The standard InChI is InChI=1S/C20H15F4N5O/c21-16-3-1-13(6-15(16)20(22,23)24)9-29-10-18(26-11-29)19(30)25-7-12-2-4-17-14(5-12)8-27-28-17/h1-6,8,10-11H,7,9H2,(H,25,30)(H,27,28). The highest BCUT2D eigenvalue weighted by atomic mass is 19.4. The Bertz CT molecular complexity index is 1210. The van der Waals surface area contributed by atoms with Crippen molar-refractivity contribution in [2.75, 3.05) is 0 Å². The molecule has 2 aromatic heterocycles. The van der Waals surface area contributed by atoms with Crippen molar-refractivity contribution in [3.05, 3.63) is 83.3 Å². The number of hydrogen-bond acceptors (Lipinski definition) is 3. The molecule has 0 saturated carbocycles. The number of carbonyl (C=O) groups is 1. The smallest absolute Gasteiger partial charge is 0.347 e. The quantitative estimate of drug-likeness (QED) is 0.484. The third-order valence-electron chi connectivity index (χ3n) is 4.52. The van der Waals surface area contributed by atoms with Gasteiger partial charge in [-0.05, 0) is 35.4 Å². The lowest BCUT2D eigenvalue weighted by Gasteiger charge is -2.10. The number of amides is 1. The van der Waals surface area contributed by atoms with Crippen LogP contribution >= 0.6 is 0 Å². The second kappa shape index (κ2) is 7.62. The molecular weight excluding hydrogens is 402 g/mol. The van der Waals surface area contributed by atoms with Crippen LogP contribution < -0.4 is 5.32 Å². The highest BCUT2D eigenvalue weighted by molar-refractivity contribution is 5.92. The van der Waals surface area contributed by atoms with Crippen LogP contribution in [0.1, 0.15) is 27.2 Å². The van der Waals surface area contributed by atoms with Gasteiger partial charge in [0.05, 0.1) is 23.6 Å². The maximum absolute atomic E-state index is 13.4. The molecule has 10 heteroatoms. The minimum absolute atomic E-state index is 0.0147. The van der Waals surface area contributed by atoms with Crippen molar-refractivity contribution in [1.29, 1.82) is 0 Å². The van der Waals surface area contributed by atoms with Gasteiger partial charge < -0.3 is 9.88 Å². The van der Waals surface area contributed by atoms with E-state index in [0.29, 0.717) is 0 Å². The molecule has 0 aliphatic carbocycles. The predicted octanol–water partition coefficient (Wildman–Crippen LogP) is 3.90. The zero-order chi connectivity index (χ0) is 21.3. The fourth-order valence-electron chi connectivity index (χ4n) is 3.04. The molecule has 154 valence electrons. The Labute approximate surface area is 167 Å². The summed E-state index contributed by atoms with van der Waals surface area (Å²) in [5, 5.41) is 10.4. The van der Waals surface area contributed by atoms with Gasteiger partial charge in [-0.1, -0.05) is 12.1 Å². The summed E-state index contributed by atoms with van der Waals surface area (Å²) in [7, 11) is 0. The molecule has 30 heavy (non-hydrogen) atoms. The normalized spacial score (nSPS) is 11.7. The third kappa shape index (κ3) is 4.17. The monoisotopic (exact) mass is 417 g/mol. The molecule has 0 spiro atoms. The Morgan fingerprint density at radius 2 is 1.93 bits per heavy atom. The number of aromatic nitrogens is 4. The van der Waals surface area contributed by atoms with Gasteiger partial charge in [0.15, 0.2) is 0 Å². The van der Waals surface area contributed by atoms with E-state index in [1.165, 1.54) is 23.2 Å². The van der Waals surface area contributed by atoms with Crippen LogP contribution in [0.25, 0.3) is 10.9 Å². The second-order valence-electron chi connectivity index (χ2n) is 6.72. The number of halogens is 4. The molecule has 2 N–H and O–H groups in total. The molecule has 0 fully saturated rings. The number of imidazole rings is 1. The molecule has 0 atom stereocenters. The summed E-state index contributed by atoms with van der Waals surface area (Å²) in [6.07, 6.45) is -0.337. The molecule has 6 nitrogen and oxygen atoms in total. The predicted molar refractivity (Wildman–Crippen MR) is 100.0 cm³/mol.